The van der Waals surface area contributed by atoms with E-state index in [0.717, 1.165) is 0 Å². The Bertz CT molecular complexity index is 727. The maximum absolute atomic E-state index is 12.2. The van der Waals surface area contributed by atoms with Gasteiger partial charge in [0.05, 0.1) is 16.8 Å². The second-order valence-corrected chi connectivity index (χ2v) is 7.13. The SMILES string of the molecule is N/C(=N/O)c1cccc(S(=O)(=O)CCSc2ncco2)c1. The Balaban J connectivity index is 2.08. The van der Waals surface area contributed by atoms with Crippen LogP contribution in [0, 0.1) is 0 Å². The van der Waals surface area contributed by atoms with Gasteiger partial charge in [-0.1, -0.05) is 29.1 Å². The third-order valence-electron chi connectivity index (χ3n) is 2.58. The lowest BCUT2D eigenvalue weighted by Gasteiger charge is -2.05. The molecular formula is C12H13N3O4S2. The Hall–Kier alpha value is -2.00. The molecule has 0 saturated carbocycles. The summed E-state index contributed by atoms with van der Waals surface area (Å²) in [5.41, 5.74) is 5.80. The van der Waals surface area contributed by atoms with E-state index in [0.29, 0.717) is 16.5 Å². The molecule has 0 spiro atoms. The number of thioether (sulfide) groups is 1. The molecule has 0 aliphatic heterocycles. The van der Waals surface area contributed by atoms with Crippen LogP contribution < -0.4 is 5.73 Å². The molecule has 0 bridgehead atoms. The summed E-state index contributed by atoms with van der Waals surface area (Å²) >= 11 is 1.22. The first kappa shape index (κ1) is 15.4. The van der Waals surface area contributed by atoms with Crippen molar-refractivity contribution < 1.29 is 18.0 Å². The van der Waals surface area contributed by atoms with Crippen LogP contribution in [0.4, 0.5) is 0 Å². The van der Waals surface area contributed by atoms with Crippen molar-refractivity contribution in [2.45, 2.75) is 10.1 Å². The Morgan fingerprint density at radius 1 is 1.48 bits per heavy atom. The lowest BCUT2D eigenvalue weighted by molar-refractivity contribution is 0.318. The Morgan fingerprint density at radius 3 is 2.95 bits per heavy atom. The number of aromatic nitrogens is 1. The van der Waals surface area contributed by atoms with Gasteiger partial charge < -0.3 is 15.4 Å². The number of oxime groups is 1. The molecule has 0 radical (unpaired) electrons. The molecule has 1 aromatic heterocycles. The number of hydrogen-bond acceptors (Lipinski definition) is 7. The zero-order chi connectivity index (χ0) is 15.3. The number of nitrogens with zero attached hydrogens (tertiary/aromatic N) is 2. The maximum atomic E-state index is 12.2. The van der Waals surface area contributed by atoms with Crippen molar-refractivity contribution in [1.29, 1.82) is 0 Å². The van der Waals surface area contributed by atoms with Gasteiger partial charge in [-0.2, -0.15) is 0 Å². The first-order chi connectivity index (χ1) is 10.0. The van der Waals surface area contributed by atoms with Gasteiger partial charge in [-0.15, -0.1) is 0 Å². The minimum atomic E-state index is -3.46. The summed E-state index contributed by atoms with van der Waals surface area (Å²) in [5, 5.41) is 11.9. The summed E-state index contributed by atoms with van der Waals surface area (Å²) in [6.07, 6.45) is 2.93. The highest BCUT2D eigenvalue weighted by atomic mass is 32.2. The largest absolute Gasteiger partial charge is 0.440 e. The number of benzene rings is 1. The Morgan fingerprint density at radius 2 is 2.29 bits per heavy atom. The molecule has 9 heteroatoms. The van der Waals surface area contributed by atoms with E-state index >= 15 is 0 Å². The number of sulfone groups is 1. The molecule has 0 amide bonds. The van der Waals surface area contributed by atoms with Gasteiger partial charge in [0.1, 0.15) is 6.26 Å². The van der Waals surface area contributed by atoms with E-state index in [4.69, 9.17) is 15.4 Å². The second-order valence-electron chi connectivity index (χ2n) is 3.98. The molecule has 0 aliphatic rings. The third-order valence-corrected chi connectivity index (χ3v) is 5.41. The summed E-state index contributed by atoms with van der Waals surface area (Å²) in [4.78, 5) is 4.02. The van der Waals surface area contributed by atoms with Crippen LogP contribution in [-0.2, 0) is 9.84 Å². The molecular weight excluding hydrogens is 314 g/mol. The van der Waals surface area contributed by atoms with Crippen molar-refractivity contribution in [3.05, 3.63) is 42.3 Å². The first-order valence-electron chi connectivity index (χ1n) is 5.86. The van der Waals surface area contributed by atoms with E-state index in [1.54, 1.807) is 12.1 Å². The Kier molecular flexibility index (Phi) is 4.86. The van der Waals surface area contributed by atoms with E-state index in [1.807, 2.05) is 0 Å². The third kappa shape index (κ3) is 3.99. The minimum Gasteiger partial charge on any atom is -0.440 e. The molecule has 0 aliphatic carbocycles. The molecule has 2 rings (SSSR count). The number of hydrogen-bond donors (Lipinski definition) is 2. The summed E-state index contributed by atoms with van der Waals surface area (Å²) in [6, 6.07) is 5.95. The van der Waals surface area contributed by atoms with Crippen LogP contribution in [0.1, 0.15) is 5.56 Å². The average molecular weight is 327 g/mol. The first-order valence-corrected chi connectivity index (χ1v) is 8.50. The second kappa shape index (κ2) is 6.64. The van der Waals surface area contributed by atoms with Gasteiger partial charge in [0.15, 0.2) is 15.7 Å². The fraction of sp³-hybridized carbons (Fsp3) is 0.167. The minimum absolute atomic E-state index is 0.0698. The van der Waals surface area contributed by atoms with Gasteiger partial charge in [-0.05, 0) is 12.1 Å². The van der Waals surface area contributed by atoms with E-state index in [-0.39, 0.29) is 16.5 Å². The van der Waals surface area contributed by atoms with Gasteiger partial charge in [0.2, 0.25) is 0 Å². The van der Waals surface area contributed by atoms with Crippen molar-refractivity contribution in [2.24, 2.45) is 10.9 Å². The smallest absolute Gasteiger partial charge is 0.255 e. The normalized spacial score (nSPS) is 12.5. The van der Waals surface area contributed by atoms with E-state index in [2.05, 4.69) is 10.1 Å². The fourth-order valence-corrected chi connectivity index (χ4v) is 4.02. The molecule has 0 saturated heterocycles. The highest BCUT2D eigenvalue weighted by molar-refractivity contribution is 8.00. The summed E-state index contributed by atoms with van der Waals surface area (Å²) < 4.78 is 29.4. The summed E-state index contributed by atoms with van der Waals surface area (Å²) in [7, 11) is -3.46. The van der Waals surface area contributed by atoms with Crippen LogP contribution in [0.15, 0.2) is 56.4 Å². The predicted molar refractivity (Wildman–Crippen MR) is 78.2 cm³/mol. The highest BCUT2D eigenvalue weighted by Gasteiger charge is 2.16. The molecule has 0 fully saturated rings. The highest BCUT2D eigenvalue weighted by Crippen LogP contribution is 2.18. The van der Waals surface area contributed by atoms with Crippen LogP contribution >= 0.6 is 11.8 Å². The van der Waals surface area contributed by atoms with Crippen molar-refractivity contribution in [3.63, 3.8) is 0 Å². The predicted octanol–water partition coefficient (Wildman–Crippen LogP) is 1.34. The molecule has 112 valence electrons. The molecule has 0 unspecified atom stereocenters. The van der Waals surface area contributed by atoms with E-state index < -0.39 is 9.84 Å². The van der Waals surface area contributed by atoms with Gasteiger partial charge in [0, 0.05) is 11.3 Å². The molecule has 0 atom stereocenters. The molecule has 1 aromatic carbocycles. The zero-order valence-electron chi connectivity index (χ0n) is 10.8. The van der Waals surface area contributed by atoms with E-state index in [9.17, 15) is 8.42 Å². The summed E-state index contributed by atoms with van der Waals surface area (Å²) in [5.74, 6) is 0.109. The quantitative estimate of drug-likeness (QED) is 0.270. The summed E-state index contributed by atoms with van der Waals surface area (Å²) in [6.45, 7) is 0. The monoisotopic (exact) mass is 327 g/mol. The van der Waals surface area contributed by atoms with Crippen LogP contribution in [0.2, 0.25) is 0 Å². The van der Waals surface area contributed by atoms with Crippen molar-refractivity contribution in [3.8, 4) is 0 Å². The maximum Gasteiger partial charge on any atom is 0.255 e. The number of amidine groups is 1. The number of oxazole rings is 1. The van der Waals surface area contributed by atoms with Crippen LogP contribution in [0.3, 0.4) is 0 Å². The van der Waals surface area contributed by atoms with Crippen molar-refractivity contribution >= 4 is 27.4 Å². The molecule has 21 heavy (non-hydrogen) atoms. The molecule has 2 aromatic rings. The lowest BCUT2D eigenvalue weighted by atomic mass is 10.2. The van der Waals surface area contributed by atoms with Gasteiger partial charge in [-0.3, -0.25) is 0 Å². The van der Waals surface area contributed by atoms with Crippen LogP contribution in [0.25, 0.3) is 0 Å². The number of rotatable bonds is 6. The van der Waals surface area contributed by atoms with Crippen LogP contribution in [0.5, 0.6) is 0 Å². The number of nitrogens with two attached hydrogens (primary N) is 1. The molecule has 3 N–H and O–H groups in total. The standard InChI is InChI=1S/C12H13N3O4S2/c13-11(15-16)9-2-1-3-10(8-9)21(17,18)7-6-20-12-14-4-5-19-12/h1-5,8,16H,6-7H2,(H2,13,15). The van der Waals surface area contributed by atoms with Gasteiger partial charge in [0.25, 0.3) is 5.22 Å². The lowest BCUT2D eigenvalue weighted by Crippen LogP contribution is -2.15. The van der Waals surface area contributed by atoms with Gasteiger partial charge in [-0.25, -0.2) is 13.4 Å². The zero-order valence-corrected chi connectivity index (χ0v) is 12.5. The van der Waals surface area contributed by atoms with Gasteiger partial charge >= 0.3 is 0 Å². The fourth-order valence-electron chi connectivity index (χ4n) is 1.54. The van der Waals surface area contributed by atoms with Crippen molar-refractivity contribution in [1.82, 2.24) is 4.98 Å². The van der Waals surface area contributed by atoms with Crippen molar-refractivity contribution in [2.75, 3.05) is 11.5 Å². The topological polar surface area (TPSA) is 119 Å². The average Bonchev–Trinajstić information content (AvgIpc) is 2.99. The van der Waals surface area contributed by atoms with E-state index in [1.165, 1.54) is 36.4 Å². The van der Waals surface area contributed by atoms with Crippen LogP contribution in [-0.4, -0.2) is 36.0 Å². The molecule has 7 nitrogen and oxygen atoms in total. The Labute approximate surface area is 125 Å². The molecule has 1 heterocycles.